The molecule has 0 saturated heterocycles. The molecule has 0 fully saturated rings. The molecule has 0 radical (unpaired) electrons. The molecule has 0 aliphatic carbocycles. The fourth-order valence-corrected chi connectivity index (χ4v) is 8.30. The zero-order valence-corrected chi connectivity index (χ0v) is 36.0. The third-order valence-electron chi connectivity index (χ3n) is 12.1. The summed E-state index contributed by atoms with van der Waals surface area (Å²) in [6, 6.07) is 0. The van der Waals surface area contributed by atoms with Crippen LogP contribution in [-0.2, 0) is 30.8 Å². The Kier molecular flexibility index (Phi) is 12.7. The first kappa shape index (κ1) is 44.7. The molecule has 2 aliphatic rings. The fraction of sp³-hybridized carbons (Fsp3) is 0.500. The minimum Gasteiger partial charge on any atom is -0.507 e. The molecular formula is C44H57N3O12. The number of nitrogens with zero attached hydrogens (tertiary/aromatic N) is 2. The molecule has 15 nitrogen and oxygen atoms in total. The summed E-state index contributed by atoms with van der Waals surface area (Å²) in [6.45, 7) is 14.3. The van der Waals surface area contributed by atoms with Gasteiger partial charge in [-0.25, -0.2) is 0 Å². The Morgan fingerprint density at radius 3 is 2.17 bits per heavy atom. The number of ether oxygens (including phenoxy) is 4. The number of hydrogen-bond acceptors (Lipinski definition) is 12. The molecule has 320 valence electrons. The van der Waals surface area contributed by atoms with Gasteiger partial charge < -0.3 is 54.2 Å². The van der Waals surface area contributed by atoms with Gasteiger partial charge in [0.2, 0.25) is 0 Å². The Labute approximate surface area is 343 Å². The number of benzene rings is 2. The van der Waals surface area contributed by atoms with Crippen LogP contribution in [0.25, 0.3) is 21.7 Å². The smallest absolute Gasteiger partial charge is 0.312 e. The number of anilines is 1. The Bertz CT molecular complexity index is 2300. The number of fused-ring (bicyclic) bond motifs is 1. The highest BCUT2D eigenvalue weighted by molar-refractivity contribution is 6.31. The van der Waals surface area contributed by atoms with Crippen LogP contribution in [0.2, 0.25) is 0 Å². The van der Waals surface area contributed by atoms with Crippen LogP contribution < -0.4 is 10.1 Å². The molecule has 4 bridgehead atoms. The molecule has 9 atom stereocenters. The lowest BCUT2D eigenvalue weighted by Crippen LogP contribution is -2.46. The first-order chi connectivity index (χ1) is 27.5. The SMILES string of the molecule is COC1/C=C\OC2(C)Oc3c(C)c(O)c4c(O)c(c5c(C(=O)N(C)C)c(C)n(C)c5c4c3C2=O)NC(=O)C(C)=C/C=C\C(C)C(O)C(C)C(O)C(C)C(OC(C)=O)C1C. The van der Waals surface area contributed by atoms with Crippen molar-refractivity contribution in [3.05, 3.63) is 58.5 Å². The predicted octanol–water partition coefficient (Wildman–Crippen LogP) is 5.55. The monoisotopic (exact) mass is 819 g/mol. The number of aliphatic hydroxyl groups excluding tert-OH is 2. The van der Waals surface area contributed by atoms with Gasteiger partial charge in [-0.15, -0.1) is 0 Å². The van der Waals surface area contributed by atoms with Crippen LogP contribution >= 0.6 is 0 Å². The van der Waals surface area contributed by atoms with Gasteiger partial charge >= 0.3 is 11.8 Å². The van der Waals surface area contributed by atoms with Gasteiger partial charge in [0.05, 0.1) is 52.3 Å². The highest BCUT2D eigenvalue weighted by Gasteiger charge is 2.50. The molecule has 9 unspecified atom stereocenters. The van der Waals surface area contributed by atoms with Crippen LogP contribution in [-0.4, -0.2) is 105 Å². The molecule has 2 aliphatic heterocycles. The summed E-state index contributed by atoms with van der Waals surface area (Å²) in [7, 11) is 6.24. The number of esters is 1. The van der Waals surface area contributed by atoms with Gasteiger partial charge in [0, 0.05) is 93.4 Å². The van der Waals surface area contributed by atoms with Gasteiger partial charge in [-0.2, -0.15) is 0 Å². The number of aromatic nitrogens is 1. The average Bonchev–Trinajstić information content (AvgIpc) is 3.60. The number of carbonyl (C=O) groups is 4. The molecule has 5 rings (SSSR count). The van der Waals surface area contributed by atoms with E-state index >= 15 is 0 Å². The largest absolute Gasteiger partial charge is 0.507 e. The Hall–Kier alpha value is -5.38. The normalized spacial score (nSPS) is 29.2. The number of aliphatic hydroxyl groups is 2. The summed E-state index contributed by atoms with van der Waals surface area (Å²) in [4.78, 5) is 56.2. The molecule has 3 heterocycles. The van der Waals surface area contributed by atoms with Gasteiger partial charge in [0.1, 0.15) is 17.6 Å². The second-order valence-electron chi connectivity index (χ2n) is 16.3. The van der Waals surface area contributed by atoms with E-state index in [4.69, 9.17) is 18.9 Å². The molecule has 3 aromatic rings. The maximum atomic E-state index is 14.7. The van der Waals surface area contributed by atoms with Gasteiger partial charge in [-0.05, 0) is 26.8 Å². The number of rotatable bonds is 3. The third kappa shape index (κ3) is 7.67. The molecule has 5 N–H and O–H groups in total. The van der Waals surface area contributed by atoms with Crippen molar-refractivity contribution < 1.29 is 58.6 Å². The van der Waals surface area contributed by atoms with E-state index in [-0.39, 0.29) is 55.4 Å². The van der Waals surface area contributed by atoms with Gasteiger partial charge in [-0.1, -0.05) is 45.9 Å². The first-order valence-corrected chi connectivity index (χ1v) is 19.6. The van der Waals surface area contributed by atoms with Crippen LogP contribution in [0.5, 0.6) is 17.2 Å². The van der Waals surface area contributed by atoms with Crippen molar-refractivity contribution in [1.82, 2.24) is 9.47 Å². The average molecular weight is 820 g/mol. The van der Waals surface area contributed by atoms with E-state index in [9.17, 15) is 39.6 Å². The number of allylic oxidation sites excluding steroid dienone is 2. The van der Waals surface area contributed by atoms with Crippen LogP contribution in [0.4, 0.5) is 5.69 Å². The first-order valence-electron chi connectivity index (χ1n) is 19.6. The lowest BCUT2D eigenvalue weighted by atomic mass is 9.78. The van der Waals surface area contributed by atoms with Crippen LogP contribution in [0.15, 0.2) is 36.1 Å². The fourth-order valence-electron chi connectivity index (χ4n) is 8.30. The molecule has 59 heavy (non-hydrogen) atoms. The van der Waals surface area contributed by atoms with Gasteiger partial charge in [0.25, 0.3) is 17.6 Å². The van der Waals surface area contributed by atoms with Crippen LogP contribution in [0, 0.1) is 37.5 Å². The standard InChI is InChI=1S/C44H57N3O12/c1-19-15-14-16-20(2)42(54)45-33-30-28(43(55)46(10)11)25(7)47(12)34(30)29-31(38(33)52)37(51)24(6)40-32(29)41(53)44(9,59-40)57-18-17-27(56-13)21(3)39(58-26(8)48)23(5)36(50)22(4)35(19)49/h14-19,21-23,27,35-36,39,49-52H,1-13H3,(H,45,54)/b15-14-,18-17-,20-16?. The topological polar surface area (TPSA) is 206 Å². The lowest BCUT2D eigenvalue weighted by molar-refractivity contribution is -0.160. The lowest BCUT2D eigenvalue weighted by Gasteiger charge is -2.38. The van der Waals surface area contributed by atoms with E-state index < -0.39 is 88.9 Å². The number of methoxy groups -OCH3 is 1. The van der Waals surface area contributed by atoms with E-state index in [1.165, 1.54) is 51.2 Å². The Morgan fingerprint density at radius 2 is 1.58 bits per heavy atom. The number of hydrogen-bond donors (Lipinski definition) is 5. The van der Waals surface area contributed by atoms with E-state index in [0.717, 1.165) is 0 Å². The van der Waals surface area contributed by atoms with Crippen molar-refractivity contribution in [2.75, 3.05) is 26.5 Å². The molecular weight excluding hydrogens is 762 g/mol. The summed E-state index contributed by atoms with van der Waals surface area (Å²) in [5.74, 6) is -7.85. The minimum atomic E-state index is -2.01. The molecule has 0 spiro atoms. The highest BCUT2D eigenvalue weighted by Crippen LogP contribution is 2.55. The van der Waals surface area contributed by atoms with E-state index in [0.29, 0.717) is 5.69 Å². The summed E-state index contributed by atoms with van der Waals surface area (Å²) < 4.78 is 25.5. The summed E-state index contributed by atoms with van der Waals surface area (Å²) in [5, 5.41) is 49.7. The van der Waals surface area contributed by atoms with Crippen LogP contribution in [0.1, 0.15) is 80.4 Å². The van der Waals surface area contributed by atoms with Crippen LogP contribution in [0.3, 0.4) is 0 Å². The number of amides is 2. The molecule has 15 heteroatoms. The second kappa shape index (κ2) is 16.7. The maximum Gasteiger partial charge on any atom is 0.312 e. The zero-order chi connectivity index (χ0) is 44.2. The molecule has 0 saturated carbocycles. The number of phenolic OH excluding ortho intramolecular Hbond substituents is 2. The third-order valence-corrected chi connectivity index (χ3v) is 12.1. The second-order valence-corrected chi connectivity index (χ2v) is 16.3. The number of aromatic hydroxyl groups is 2. The predicted molar refractivity (Wildman–Crippen MR) is 221 cm³/mol. The number of aryl methyl sites for hydroxylation is 1. The number of carbonyl (C=O) groups excluding carboxylic acids is 4. The molecule has 2 amide bonds. The van der Waals surface area contributed by atoms with Crippen molar-refractivity contribution in [3.63, 3.8) is 0 Å². The summed E-state index contributed by atoms with van der Waals surface area (Å²) in [6.07, 6.45) is 3.66. The van der Waals surface area contributed by atoms with Gasteiger partial charge in [0.15, 0.2) is 5.75 Å². The highest BCUT2D eigenvalue weighted by atomic mass is 16.7. The molecule has 1 aromatic heterocycles. The van der Waals surface area contributed by atoms with Crippen molar-refractivity contribution in [2.45, 2.75) is 92.5 Å². The van der Waals surface area contributed by atoms with E-state index in [2.05, 4.69) is 5.32 Å². The maximum absolute atomic E-state index is 14.7. The number of nitrogens with one attached hydrogen (secondary N) is 1. The van der Waals surface area contributed by atoms with Crippen molar-refractivity contribution in [1.29, 1.82) is 0 Å². The number of Topliss-reactive ketones (excluding diaryl/α,β-unsaturated/α-hetero) is 1. The van der Waals surface area contributed by atoms with E-state index in [1.807, 2.05) is 0 Å². The van der Waals surface area contributed by atoms with Gasteiger partial charge in [-0.3, -0.25) is 19.2 Å². The Balaban J connectivity index is 1.81. The number of phenols is 2. The Morgan fingerprint density at radius 1 is 0.932 bits per heavy atom. The quantitative estimate of drug-likeness (QED) is 0.163. The van der Waals surface area contributed by atoms with Crippen molar-refractivity contribution in [3.8, 4) is 17.2 Å². The van der Waals surface area contributed by atoms with Crippen molar-refractivity contribution >= 4 is 50.9 Å². The van der Waals surface area contributed by atoms with Crippen molar-refractivity contribution in [2.24, 2.45) is 30.7 Å². The molecule has 2 aromatic carbocycles. The zero-order valence-electron chi connectivity index (χ0n) is 36.0. The summed E-state index contributed by atoms with van der Waals surface area (Å²) in [5.41, 5.74) is 0.960. The number of ketones is 1. The summed E-state index contributed by atoms with van der Waals surface area (Å²) >= 11 is 0. The van der Waals surface area contributed by atoms with E-state index in [1.54, 1.807) is 79.4 Å². The minimum absolute atomic E-state index is 0.0104.